The maximum absolute atomic E-state index is 13.5. The van der Waals surface area contributed by atoms with Gasteiger partial charge in [0.1, 0.15) is 5.82 Å². The summed E-state index contributed by atoms with van der Waals surface area (Å²) in [6, 6.07) is 6.73. The van der Waals surface area contributed by atoms with Crippen LogP contribution in [0, 0.1) is 5.82 Å². The topological polar surface area (TPSA) is 22.1 Å². The molecule has 1 aromatic heterocycles. The summed E-state index contributed by atoms with van der Waals surface area (Å²) >= 11 is 0. The molecule has 1 aromatic carbocycles. The number of aromatic nitrogens is 1. The van der Waals surface area contributed by atoms with Crippen LogP contribution in [-0.4, -0.2) is 12.1 Å². The molecule has 0 radical (unpaired) electrons. The number of allylic oxidation sites excluding steroid dienone is 1. The molecule has 2 nitrogen and oxygen atoms in total. The summed E-state index contributed by atoms with van der Waals surface area (Å²) < 4.78 is 19.0. The number of benzene rings is 1. The molecule has 140 valence electrons. The van der Waals surface area contributed by atoms with Crippen LogP contribution in [0.2, 0.25) is 0 Å². The Kier molecular flexibility index (Phi) is 7.10. The third kappa shape index (κ3) is 4.39. The summed E-state index contributed by atoms with van der Waals surface area (Å²) in [5.41, 5.74) is 6.46. The summed E-state index contributed by atoms with van der Waals surface area (Å²) in [5, 5.41) is 0. The molecule has 0 saturated carbocycles. The van der Waals surface area contributed by atoms with E-state index in [0.29, 0.717) is 12.5 Å². The Bertz CT molecular complexity index is 761. The highest BCUT2D eigenvalue weighted by atomic mass is 19.1. The molecule has 2 aromatic rings. The van der Waals surface area contributed by atoms with E-state index in [1.54, 1.807) is 7.11 Å². The molecule has 0 aliphatic carbocycles. The highest BCUT2D eigenvalue weighted by Gasteiger charge is 2.22. The largest absolute Gasteiger partial charge is 0.380 e. The van der Waals surface area contributed by atoms with Gasteiger partial charge in [0.15, 0.2) is 0 Å². The van der Waals surface area contributed by atoms with Gasteiger partial charge in [-0.05, 0) is 41.5 Å². The van der Waals surface area contributed by atoms with E-state index in [1.165, 1.54) is 12.1 Å². The average molecular weight is 355 g/mol. The molecule has 0 N–H and O–H groups in total. The quantitative estimate of drug-likeness (QED) is 0.551. The number of nitrogens with zero attached hydrogens (tertiary/aromatic N) is 1. The molecule has 0 aliphatic rings. The predicted molar refractivity (Wildman–Crippen MR) is 108 cm³/mol. The van der Waals surface area contributed by atoms with Gasteiger partial charge in [-0.25, -0.2) is 4.39 Å². The monoisotopic (exact) mass is 355 g/mol. The smallest absolute Gasteiger partial charge is 0.123 e. The van der Waals surface area contributed by atoms with E-state index >= 15 is 0 Å². The summed E-state index contributed by atoms with van der Waals surface area (Å²) in [6.07, 6.45) is 5.26. The van der Waals surface area contributed by atoms with Crippen molar-refractivity contribution in [3.8, 4) is 11.1 Å². The van der Waals surface area contributed by atoms with Crippen LogP contribution in [0.15, 0.2) is 30.3 Å². The maximum atomic E-state index is 13.5. The van der Waals surface area contributed by atoms with Gasteiger partial charge in [-0.15, -0.1) is 0 Å². The molecule has 0 amide bonds. The Morgan fingerprint density at radius 1 is 1.04 bits per heavy atom. The normalized spacial score (nSPS) is 11.9. The van der Waals surface area contributed by atoms with Crippen LogP contribution in [0.4, 0.5) is 4.39 Å². The molecule has 0 unspecified atom stereocenters. The lowest BCUT2D eigenvalue weighted by Gasteiger charge is -2.23. The van der Waals surface area contributed by atoms with Crippen molar-refractivity contribution in [2.45, 2.75) is 59.5 Å². The molecule has 26 heavy (non-hydrogen) atoms. The second-order valence-corrected chi connectivity index (χ2v) is 7.21. The van der Waals surface area contributed by atoms with Gasteiger partial charge in [0.2, 0.25) is 0 Å². The first-order valence-corrected chi connectivity index (χ1v) is 9.38. The third-order valence-electron chi connectivity index (χ3n) is 4.43. The van der Waals surface area contributed by atoms with Gasteiger partial charge in [-0.3, -0.25) is 4.98 Å². The van der Waals surface area contributed by atoms with Gasteiger partial charge in [-0.1, -0.05) is 58.9 Å². The van der Waals surface area contributed by atoms with Gasteiger partial charge in [0, 0.05) is 23.9 Å². The third-order valence-corrected chi connectivity index (χ3v) is 4.43. The van der Waals surface area contributed by atoms with E-state index in [4.69, 9.17) is 9.72 Å². The molecule has 0 fully saturated rings. The molecule has 2 rings (SSSR count). The second kappa shape index (κ2) is 9.09. The second-order valence-electron chi connectivity index (χ2n) is 7.21. The van der Waals surface area contributed by atoms with Gasteiger partial charge < -0.3 is 4.74 Å². The minimum Gasteiger partial charge on any atom is -0.380 e. The van der Waals surface area contributed by atoms with Crippen LogP contribution < -0.4 is 0 Å². The highest BCUT2D eigenvalue weighted by Crippen LogP contribution is 2.37. The van der Waals surface area contributed by atoms with Gasteiger partial charge in [0.25, 0.3) is 0 Å². The van der Waals surface area contributed by atoms with Crippen LogP contribution in [-0.2, 0) is 11.3 Å². The summed E-state index contributed by atoms with van der Waals surface area (Å²) in [5.74, 6) is 0.343. The predicted octanol–water partition coefficient (Wildman–Crippen LogP) is 6.70. The summed E-state index contributed by atoms with van der Waals surface area (Å²) in [4.78, 5) is 5.04. The lowest BCUT2D eigenvalue weighted by Crippen LogP contribution is -2.11. The first-order chi connectivity index (χ1) is 12.4. The van der Waals surface area contributed by atoms with Gasteiger partial charge in [-0.2, -0.15) is 0 Å². The van der Waals surface area contributed by atoms with Crippen LogP contribution in [0.1, 0.15) is 75.4 Å². The van der Waals surface area contributed by atoms with Crippen LogP contribution in [0.5, 0.6) is 0 Å². The maximum Gasteiger partial charge on any atom is 0.123 e. The average Bonchev–Trinajstić information content (AvgIpc) is 2.60. The van der Waals surface area contributed by atoms with Crippen LogP contribution >= 0.6 is 0 Å². The lowest BCUT2D eigenvalue weighted by atomic mass is 9.87. The minimum atomic E-state index is -0.227. The van der Waals surface area contributed by atoms with Gasteiger partial charge >= 0.3 is 0 Å². The van der Waals surface area contributed by atoms with Crippen molar-refractivity contribution in [1.82, 2.24) is 4.98 Å². The Labute approximate surface area is 157 Å². The zero-order chi connectivity index (χ0) is 19.3. The molecule has 1 heterocycles. The molecule has 0 aliphatic heterocycles. The van der Waals surface area contributed by atoms with Crippen LogP contribution in [0.3, 0.4) is 0 Å². The van der Waals surface area contributed by atoms with E-state index in [2.05, 4.69) is 46.8 Å². The molecule has 0 atom stereocenters. The fourth-order valence-corrected chi connectivity index (χ4v) is 3.23. The Hall–Kier alpha value is -2.00. The van der Waals surface area contributed by atoms with Crippen molar-refractivity contribution in [2.24, 2.45) is 0 Å². The Morgan fingerprint density at radius 3 is 2.15 bits per heavy atom. The molecule has 3 heteroatoms. The first-order valence-electron chi connectivity index (χ1n) is 9.38. The van der Waals surface area contributed by atoms with E-state index < -0.39 is 0 Å². The van der Waals surface area contributed by atoms with Crippen molar-refractivity contribution in [1.29, 1.82) is 0 Å². The molecule has 0 bridgehead atoms. The van der Waals surface area contributed by atoms with Crippen molar-refractivity contribution < 1.29 is 9.13 Å². The van der Waals surface area contributed by atoms with Crippen molar-refractivity contribution >= 4 is 6.08 Å². The number of methoxy groups -OCH3 is 1. The lowest BCUT2D eigenvalue weighted by molar-refractivity contribution is 0.184. The molecule has 0 saturated heterocycles. The first kappa shape index (κ1) is 20.3. The van der Waals surface area contributed by atoms with Crippen LogP contribution in [0.25, 0.3) is 17.2 Å². The van der Waals surface area contributed by atoms with Crippen molar-refractivity contribution in [2.75, 3.05) is 7.11 Å². The number of pyridine rings is 1. The molecule has 0 spiro atoms. The number of hydrogen-bond acceptors (Lipinski definition) is 2. The SMILES string of the molecule is CCC=Cc1c(C(C)C)nc(C(C)C)c(COC)c1-c1ccc(F)cc1. The standard InChI is InChI=1S/C23H30FNO/c1-7-8-9-19-21(17-10-12-18(24)13-11-17)20(14-26-6)23(16(4)5)25-22(19)15(2)3/h8-13,15-16H,7,14H2,1-6H3. The van der Waals surface area contributed by atoms with E-state index in [0.717, 1.165) is 40.1 Å². The number of halogens is 1. The highest BCUT2D eigenvalue weighted by molar-refractivity contribution is 5.80. The zero-order valence-corrected chi connectivity index (χ0v) is 16.8. The zero-order valence-electron chi connectivity index (χ0n) is 16.8. The van der Waals surface area contributed by atoms with Crippen molar-refractivity contribution in [3.05, 3.63) is 58.7 Å². The number of hydrogen-bond donors (Lipinski definition) is 0. The van der Waals surface area contributed by atoms with E-state index in [1.807, 2.05) is 12.1 Å². The number of ether oxygens (including phenoxy) is 1. The summed E-state index contributed by atoms with van der Waals surface area (Å²) in [7, 11) is 1.70. The molecular weight excluding hydrogens is 325 g/mol. The Morgan fingerprint density at radius 2 is 1.65 bits per heavy atom. The fourth-order valence-electron chi connectivity index (χ4n) is 3.23. The van der Waals surface area contributed by atoms with Gasteiger partial charge in [0.05, 0.1) is 12.3 Å². The fraction of sp³-hybridized carbons (Fsp3) is 0.435. The summed E-state index contributed by atoms with van der Waals surface area (Å²) in [6.45, 7) is 11.2. The van der Waals surface area contributed by atoms with E-state index in [-0.39, 0.29) is 11.7 Å². The van der Waals surface area contributed by atoms with Crippen molar-refractivity contribution in [3.63, 3.8) is 0 Å². The van der Waals surface area contributed by atoms with E-state index in [9.17, 15) is 4.39 Å². The molecular formula is C23H30FNO. The minimum absolute atomic E-state index is 0.227. The number of rotatable bonds is 7. The Balaban J connectivity index is 2.92.